The number of esters is 2. The fraction of sp³-hybridized carbons (Fsp3) is 0.407. The molecule has 0 fully saturated rings. The Hall–Kier alpha value is -1.60. The minimum atomic E-state index is -0.892. The molecule has 0 bridgehead atoms. The molecule has 0 amide bonds. The summed E-state index contributed by atoms with van der Waals surface area (Å²) in [5, 5.41) is 0. The quantitative estimate of drug-likeness (QED) is 0.0963. The van der Waals surface area contributed by atoms with Crippen molar-refractivity contribution in [3.8, 4) is 12.3 Å². The van der Waals surface area contributed by atoms with E-state index < -0.39 is 5.60 Å². The Morgan fingerprint density at radius 3 is 1.85 bits per heavy atom. The summed E-state index contributed by atoms with van der Waals surface area (Å²) >= 11 is 4.27. The van der Waals surface area contributed by atoms with Gasteiger partial charge in [-0.2, -0.15) is 0 Å². The average molecular weight is 672 g/mol. The number of hydrogen-bond acceptors (Lipinski definition) is 4. The maximum Gasteiger partial charge on any atom is 0.340 e. The highest BCUT2D eigenvalue weighted by Gasteiger charge is 2.27. The first-order valence-corrected chi connectivity index (χ1v) is 13.4. The zero-order valence-electron chi connectivity index (χ0n) is 18.9. The van der Waals surface area contributed by atoms with Crippen LogP contribution in [0.25, 0.3) is 0 Å². The molecule has 2 aromatic carbocycles. The molecule has 0 saturated carbocycles. The van der Waals surface area contributed by atoms with Crippen LogP contribution in [0.15, 0.2) is 48.5 Å². The highest BCUT2D eigenvalue weighted by atomic mass is 127. The predicted octanol–water partition coefficient (Wildman–Crippen LogP) is 7.42. The SMILES string of the molecule is C#CC(C)(CCCCCCCCCOC(=O)c1ccccc1I)OC(=O)c1ccccc1I. The Morgan fingerprint density at radius 1 is 0.818 bits per heavy atom. The van der Waals surface area contributed by atoms with E-state index >= 15 is 0 Å². The van der Waals surface area contributed by atoms with Crippen molar-refractivity contribution in [2.45, 2.75) is 63.9 Å². The number of carbonyl (C=O) groups is 2. The Kier molecular flexibility index (Phi) is 12.2. The smallest absolute Gasteiger partial charge is 0.340 e. The summed E-state index contributed by atoms with van der Waals surface area (Å²) in [5.74, 6) is 2.04. The van der Waals surface area contributed by atoms with Gasteiger partial charge in [0.1, 0.15) is 0 Å². The number of rotatable bonds is 13. The number of ether oxygens (including phenoxy) is 2. The lowest BCUT2D eigenvalue weighted by Gasteiger charge is -2.24. The van der Waals surface area contributed by atoms with E-state index in [1.54, 1.807) is 19.1 Å². The van der Waals surface area contributed by atoms with Gasteiger partial charge in [0.05, 0.1) is 17.7 Å². The largest absolute Gasteiger partial charge is 0.462 e. The van der Waals surface area contributed by atoms with E-state index in [-0.39, 0.29) is 11.9 Å². The van der Waals surface area contributed by atoms with Gasteiger partial charge in [-0.25, -0.2) is 9.59 Å². The molecule has 0 N–H and O–H groups in total. The molecule has 0 aliphatic rings. The monoisotopic (exact) mass is 672 g/mol. The van der Waals surface area contributed by atoms with Gasteiger partial charge in [-0.1, -0.05) is 62.3 Å². The first-order valence-electron chi connectivity index (χ1n) is 11.2. The molecule has 2 aromatic rings. The second kappa shape index (κ2) is 14.6. The number of terminal acetylenes is 1. The fourth-order valence-corrected chi connectivity index (χ4v) is 4.57. The van der Waals surface area contributed by atoms with Crippen LogP contribution in [0.1, 0.15) is 79.0 Å². The summed E-state index contributed by atoms with van der Waals surface area (Å²) in [7, 11) is 0. The minimum Gasteiger partial charge on any atom is -0.462 e. The van der Waals surface area contributed by atoms with Gasteiger partial charge in [0.25, 0.3) is 0 Å². The van der Waals surface area contributed by atoms with Crippen molar-refractivity contribution in [1.29, 1.82) is 0 Å². The van der Waals surface area contributed by atoms with Gasteiger partial charge in [-0.3, -0.25) is 0 Å². The first kappa shape index (κ1) is 27.6. The molecular weight excluding hydrogens is 642 g/mol. The molecule has 0 aliphatic carbocycles. The zero-order valence-corrected chi connectivity index (χ0v) is 23.3. The first-order chi connectivity index (χ1) is 15.9. The second-order valence-electron chi connectivity index (χ2n) is 8.09. The Bertz CT molecular complexity index is 967. The van der Waals surface area contributed by atoms with Crippen LogP contribution >= 0.6 is 45.2 Å². The van der Waals surface area contributed by atoms with Crippen LogP contribution in [-0.4, -0.2) is 24.1 Å². The normalized spacial score (nSPS) is 12.4. The van der Waals surface area contributed by atoms with Crippen molar-refractivity contribution in [2.24, 2.45) is 0 Å². The Labute approximate surface area is 224 Å². The molecule has 1 atom stereocenters. The third kappa shape index (κ3) is 9.65. The number of hydrogen-bond donors (Lipinski definition) is 0. The van der Waals surface area contributed by atoms with Gasteiger partial charge in [0, 0.05) is 7.14 Å². The van der Waals surface area contributed by atoms with E-state index in [1.165, 1.54) is 0 Å². The lowest BCUT2D eigenvalue weighted by atomic mass is 9.97. The van der Waals surface area contributed by atoms with Crippen LogP contribution in [0.5, 0.6) is 0 Å². The molecule has 0 saturated heterocycles. The molecule has 0 heterocycles. The third-order valence-corrected chi connectivity index (χ3v) is 7.22. The van der Waals surface area contributed by atoms with Crippen molar-refractivity contribution in [3.63, 3.8) is 0 Å². The Balaban J connectivity index is 1.56. The van der Waals surface area contributed by atoms with Crippen molar-refractivity contribution in [3.05, 3.63) is 66.8 Å². The van der Waals surface area contributed by atoms with Gasteiger partial charge in [0.15, 0.2) is 5.60 Å². The van der Waals surface area contributed by atoms with Crippen LogP contribution in [0.2, 0.25) is 0 Å². The zero-order chi connectivity index (χ0) is 24.1. The Morgan fingerprint density at radius 2 is 1.30 bits per heavy atom. The standard InChI is InChI=1S/C27H30I2O4/c1-3-27(2,33-26(31)22-16-10-12-18-24(22)29)19-13-7-5-4-6-8-14-20-32-25(30)21-15-9-11-17-23(21)28/h1,9-12,15-18H,4-8,13-14,19-20H2,2H3. The maximum absolute atomic E-state index is 12.5. The van der Waals surface area contributed by atoms with Crippen LogP contribution in [0.3, 0.4) is 0 Å². The fourth-order valence-electron chi connectivity index (χ4n) is 3.36. The molecule has 0 spiro atoms. The van der Waals surface area contributed by atoms with Gasteiger partial charge in [-0.05, 0) is 95.6 Å². The van der Waals surface area contributed by atoms with Crippen molar-refractivity contribution in [1.82, 2.24) is 0 Å². The summed E-state index contributed by atoms with van der Waals surface area (Å²) in [6.07, 6.45) is 13.5. The van der Waals surface area contributed by atoms with E-state index in [0.717, 1.165) is 52.1 Å². The van der Waals surface area contributed by atoms with E-state index in [1.807, 2.05) is 36.4 Å². The molecule has 0 radical (unpaired) electrons. The highest BCUT2D eigenvalue weighted by molar-refractivity contribution is 14.1. The molecule has 176 valence electrons. The summed E-state index contributed by atoms with van der Waals surface area (Å²) in [4.78, 5) is 24.6. The van der Waals surface area contributed by atoms with Crippen LogP contribution < -0.4 is 0 Å². The summed E-state index contributed by atoms with van der Waals surface area (Å²) in [5.41, 5.74) is 0.279. The summed E-state index contributed by atoms with van der Waals surface area (Å²) in [6.45, 7) is 2.26. The molecular formula is C27H30I2O4. The highest BCUT2D eigenvalue weighted by Crippen LogP contribution is 2.23. The second-order valence-corrected chi connectivity index (χ2v) is 10.4. The predicted molar refractivity (Wildman–Crippen MR) is 148 cm³/mol. The molecule has 4 nitrogen and oxygen atoms in total. The number of benzene rings is 2. The van der Waals surface area contributed by atoms with Gasteiger partial charge >= 0.3 is 11.9 Å². The maximum atomic E-state index is 12.5. The minimum absolute atomic E-state index is 0.251. The van der Waals surface area contributed by atoms with Crippen LogP contribution in [0.4, 0.5) is 0 Å². The molecule has 6 heteroatoms. The summed E-state index contributed by atoms with van der Waals surface area (Å²) in [6, 6.07) is 14.8. The van der Waals surface area contributed by atoms with E-state index in [2.05, 4.69) is 51.1 Å². The number of unbranched alkanes of at least 4 members (excludes halogenated alkanes) is 6. The van der Waals surface area contributed by atoms with Crippen LogP contribution in [0, 0.1) is 19.5 Å². The van der Waals surface area contributed by atoms with Crippen LogP contribution in [-0.2, 0) is 9.47 Å². The van der Waals surface area contributed by atoms with Crippen molar-refractivity contribution in [2.75, 3.05) is 6.61 Å². The van der Waals surface area contributed by atoms with Crippen molar-refractivity contribution >= 4 is 57.1 Å². The number of carbonyl (C=O) groups excluding carboxylic acids is 2. The molecule has 2 rings (SSSR count). The van der Waals surface area contributed by atoms with Gasteiger partial charge < -0.3 is 9.47 Å². The molecule has 33 heavy (non-hydrogen) atoms. The van der Waals surface area contributed by atoms with E-state index in [4.69, 9.17) is 15.9 Å². The van der Waals surface area contributed by atoms with E-state index in [0.29, 0.717) is 24.2 Å². The lowest BCUT2D eigenvalue weighted by Crippen LogP contribution is -2.30. The average Bonchev–Trinajstić information content (AvgIpc) is 2.80. The summed E-state index contributed by atoms with van der Waals surface area (Å²) < 4.78 is 12.8. The van der Waals surface area contributed by atoms with E-state index in [9.17, 15) is 9.59 Å². The van der Waals surface area contributed by atoms with Gasteiger partial charge in [0.2, 0.25) is 0 Å². The molecule has 1 unspecified atom stereocenters. The molecule has 0 aromatic heterocycles. The number of halogens is 2. The van der Waals surface area contributed by atoms with Gasteiger partial charge in [-0.15, -0.1) is 6.42 Å². The van der Waals surface area contributed by atoms with Crippen molar-refractivity contribution < 1.29 is 19.1 Å². The topological polar surface area (TPSA) is 52.6 Å². The lowest BCUT2D eigenvalue weighted by molar-refractivity contribution is 0.0106. The molecule has 0 aliphatic heterocycles. The third-order valence-electron chi connectivity index (χ3n) is 5.34.